The van der Waals surface area contributed by atoms with Gasteiger partial charge in [0.2, 0.25) is 0 Å². The van der Waals surface area contributed by atoms with Gasteiger partial charge in [0.1, 0.15) is 0 Å². The number of hydrogen-bond donors (Lipinski definition) is 1. The summed E-state index contributed by atoms with van der Waals surface area (Å²) in [6, 6.07) is 6.27. The highest BCUT2D eigenvalue weighted by molar-refractivity contribution is 6.30. The summed E-state index contributed by atoms with van der Waals surface area (Å²) < 4.78 is 4.34. The molecular weight excluding hydrogens is 206 g/mol. The second kappa shape index (κ2) is 4.62. The molecule has 0 atom stereocenters. The second-order valence-corrected chi connectivity index (χ2v) is 2.97. The van der Waals surface area contributed by atoms with Crippen molar-refractivity contribution >= 4 is 23.5 Å². The van der Waals surface area contributed by atoms with Crippen molar-refractivity contribution in [3.05, 3.63) is 34.9 Å². The first-order valence-corrected chi connectivity index (χ1v) is 4.18. The highest BCUT2D eigenvalue weighted by Crippen LogP contribution is 2.09. The van der Waals surface area contributed by atoms with Crippen molar-refractivity contribution in [2.75, 3.05) is 6.61 Å². The lowest BCUT2D eigenvalue weighted by atomic mass is 10.1. The Morgan fingerprint density at radius 2 is 1.86 bits per heavy atom. The zero-order valence-electron chi connectivity index (χ0n) is 7.20. The highest BCUT2D eigenvalue weighted by Gasteiger charge is 2.07. The number of halogens is 1. The van der Waals surface area contributed by atoms with Crippen molar-refractivity contribution in [2.24, 2.45) is 5.73 Å². The number of carbonyl (C=O) groups is 2. The zero-order valence-corrected chi connectivity index (χ0v) is 7.95. The summed E-state index contributed by atoms with van der Waals surface area (Å²) in [6.45, 7) is -0.350. The van der Waals surface area contributed by atoms with Crippen LogP contribution >= 0.6 is 11.6 Å². The molecule has 4 nitrogen and oxygen atoms in total. The van der Waals surface area contributed by atoms with E-state index in [2.05, 4.69) is 4.74 Å². The number of hydrogen-bond acceptors (Lipinski definition) is 3. The van der Waals surface area contributed by atoms with E-state index in [0.29, 0.717) is 10.6 Å². The molecule has 0 saturated carbocycles. The Balaban J connectivity index is 2.61. The third kappa shape index (κ3) is 3.06. The van der Waals surface area contributed by atoms with Gasteiger partial charge in [-0.3, -0.25) is 4.79 Å². The minimum absolute atomic E-state index is 0.319. The highest BCUT2D eigenvalue weighted by atomic mass is 35.5. The number of nitrogens with two attached hydrogens (primary N) is 1. The number of benzene rings is 1. The lowest BCUT2D eigenvalue weighted by molar-refractivity contribution is 0.0857. The molecule has 0 aliphatic rings. The Kier molecular flexibility index (Phi) is 3.48. The molecule has 0 aliphatic carbocycles. The van der Waals surface area contributed by atoms with Crippen LogP contribution in [-0.2, 0) is 4.74 Å². The van der Waals surface area contributed by atoms with Crippen molar-refractivity contribution in [2.45, 2.75) is 0 Å². The van der Waals surface area contributed by atoms with Gasteiger partial charge in [-0.1, -0.05) is 11.6 Å². The van der Waals surface area contributed by atoms with Crippen LogP contribution in [0.5, 0.6) is 0 Å². The number of rotatable bonds is 3. The predicted octanol–water partition coefficient (Wildman–Crippen LogP) is 1.62. The Labute approximate surface area is 85.6 Å². The Morgan fingerprint density at radius 1 is 1.29 bits per heavy atom. The molecule has 1 amide bonds. The van der Waals surface area contributed by atoms with E-state index >= 15 is 0 Å². The van der Waals surface area contributed by atoms with Crippen molar-refractivity contribution in [1.29, 1.82) is 0 Å². The van der Waals surface area contributed by atoms with Gasteiger partial charge in [0, 0.05) is 10.6 Å². The van der Waals surface area contributed by atoms with E-state index in [1.54, 1.807) is 24.3 Å². The maximum Gasteiger partial charge on any atom is 0.404 e. The standard InChI is InChI=1S/C9H8ClNO3/c10-7-3-1-6(2-4-7)8(12)5-14-9(11)13/h1-4H,5H2,(H2,11,13). The molecule has 5 heteroatoms. The summed E-state index contributed by atoms with van der Waals surface area (Å²) in [7, 11) is 0. The molecule has 1 rings (SSSR count). The molecule has 14 heavy (non-hydrogen) atoms. The summed E-state index contributed by atoms with van der Waals surface area (Å²) in [6.07, 6.45) is -0.965. The smallest absolute Gasteiger partial charge is 0.404 e. The monoisotopic (exact) mass is 213 g/mol. The van der Waals surface area contributed by atoms with Gasteiger partial charge in [-0.15, -0.1) is 0 Å². The SMILES string of the molecule is NC(=O)OCC(=O)c1ccc(Cl)cc1. The van der Waals surface area contributed by atoms with Crippen LogP contribution in [0.25, 0.3) is 0 Å². The van der Waals surface area contributed by atoms with Crippen LogP contribution in [0, 0.1) is 0 Å². The Morgan fingerprint density at radius 3 is 2.36 bits per heavy atom. The van der Waals surface area contributed by atoms with E-state index in [1.165, 1.54) is 0 Å². The van der Waals surface area contributed by atoms with E-state index in [0.717, 1.165) is 0 Å². The third-order valence-corrected chi connectivity index (χ3v) is 1.76. The lowest BCUT2D eigenvalue weighted by Crippen LogP contribution is -2.18. The van der Waals surface area contributed by atoms with Crippen molar-refractivity contribution in [3.63, 3.8) is 0 Å². The minimum atomic E-state index is -0.965. The normalized spacial score (nSPS) is 9.50. The average Bonchev–Trinajstić information content (AvgIpc) is 2.15. The lowest BCUT2D eigenvalue weighted by Gasteiger charge is -2.00. The molecule has 0 saturated heterocycles. The molecular formula is C9H8ClNO3. The minimum Gasteiger partial charge on any atom is -0.441 e. The first-order valence-electron chi connectivity index (χ1n) is 3.80. The fourth-order valence-electron chi connectivity index (χ4n) is 0.856. The van der Waals surface area contributed by atoms with Gasteiger partial charge < -0.3 is 10.5 Å². The van der Waals surface area contributed by atoms with Gasteiger partial charge in [-0.2, -0.15) is 0 Å². The molecule has 0 aliphatic heterocycles. The maximum atomic E-state index is 11.3. The molecule has 0 unspecified atom stereocenters. The first-order chi connectivity index (χ1) is 6.59. The number of Topliss-reactive ketones (excluding diaryl/α,β-unsaturated/α-hetero) is 1. The molecule has 0 heterocycles. The van der Waals surface area contributed by atoms with E-state index in [-0.39, 0.29) is 12.4 Å². The fourth-order valence-corrected chi connectivity index (χ4v) is 0.982. The molecule has 0 bridgehead atoms. The van der Waals surface area contributed by atoms with Crippen molar-refractivity contribution < 1.29 is 14.3 Å². The topological polar surface area (TPSA) is 69.4 Å². The summed E-state index contributed by atoms with van der Waals surface area (Å²) in [5.41, 5.74) is 5.13. The first kappa shape index (κ1) is 10.5. The Bertz CT molecular complexity index is 348. The molecule has 0 fully saturated rings. The average molecular weight is 214 g/mol. The van der Waals surface area contributed by atoms with E-state index in [9.17, 15) is 9.59 Å². The molecule has 74 valence electrons. The maximum absolute atomic E-state index is 11.3. The quantitative estimate of drug-likeness (QED) is 0.776. The number of amides is 1. The van der Waals surface area contributed by atoms with Gasteiger partial charge in [0.25, 0.3) is 0 Å². The van der Waals surface area contributed by atoms with Crippen LogP contribution in [0.2, 0.25) is 5.02 Å². The molecule has 2 N–H and O–H groups in total. The van der Waals surface area contributed by atoms with Crippen LogP contribution in [0.3, 0.4) is 0 Å². The van der Waals surface area contributed by atoms with Crippen molar-refractivity contribution in [1.82, 2.24) is 0 Å². The predicted molar refractivity (Wildman–Crippen MR) is 51.3 cm³/mol. The largest absolute Gasteiger partial charge is 0.441 e. The fraction of sp³-hybridized carbons (Fsp3) is 0.111. The zero-order chi connectivity index (χ0) is 10.6. The van der Waals surface area contributed by atoms with Crippen LogP contribution in [0.4, 0.5) is 4.79 Å². The van der Waals surface area contributed by atoms with Crippen LogP contribution in [0.1, 0.15) is 10.4 Å². The van der Waals surface area contributed by atoms with Gasteiger partial charge in [-0.05, 0) is 24.3 Å². The van der Waals surface area contributed by atoms with E-state index in [4.69, 9.17) is 17.3 Å². The van der Waals surface area contributed by atoms with E-state index in [1.807, 2.05) is 0 Å². The number of carbonyl (C=O) groups excluding carboxylic acids is 2. The molecule has 0 radical (unpaired) electrons. The molecule has 1 aromatic rings. The summed E-state index contributed by atoms with van der Waals surface area (Å²) in [5.74, 6) is -0.319. The third-order valence-electron chi connectivity index (χ3n) is 1.51. The number of ether oxygens (including phenoxy) is 1. The summed E-state index contributed by atoms with van der Waals surface area (Å²) >= 11 is 5.63. The van der Waals surface area contributed by atoms with Gasteiger partial charge in [0.15, 0.2) is 12.4 Å². The summed E-state index contributed by atoms with van der Waals surface area (Å²) in [5, 5.41) is 0.539. The number of primary amides is 1. The second-order valence-electron chi connectivity index (χ2n) is 2.54. The molecule has 0 aromatic heterocycles. The van der Waals surface area contributed by atoms with Crippen LogP contribution in [0.15, 0.2) is 24.3 Å². The van der Waals surface area contributed by atoms with Gasteiger partial charge in [-0.25, -0.2) is 4.79 Å². The summed E-state index contributed by atoms with van der Waals surface area (Å²) in [4.78, 5) is 21.5. The van der Waals surface area contributed by atoms with Crippen molar-refractivity contribution in [3.8, 4) is 0 Å². The number of ketones is 1. The van der Waals surface area contributed by atoms with Crippen LogP contribution in [-0.4, -0.2) is 18.5 Å². The van der Waals surface area contributed by atoms with Gasteiger partial charge >= 0.3 is 6.09 Å². The Hall–Kier alpha value is -1.55. The van der Waals surface area contributed by atoms with Crippen LogP contribution < -0.4 is 5.73 Å². The van der Waals surface area contributed by atoms with E-state index < -0.39 is 6.09 Å². The van der Waals surface area contributed by atoms with Gasteiger partial charge in [0.05, 0.1) is 0 Å². The molecule has 0 spiro atoms. The molecule has 1 aromatic carbocycles.